The van der Waals surface area contributed by atoms with Gasteiger partial charge >= 0.3 is 0 Å². The second-order valence-electron chi connectivity index (χ2n) is 8.38. The minimum atomic E-state index is -0.270. The Kier molecular flexibility index (Phi) is 5.69. The minimum Gasteiger partial charge on any atom is -0.293 e. The van der Waals surface area contributed by atoms with Crippen molar-refractivity contribution >= 4 is 17.2 Å². The number of azo groups is 1. The lowest BCUT2D eigenvalue weighted by atomic mass is 9.87. The van der Waals surface area contributed by atoms with E-state index in [0.717, 1.165) is 5.69 Å². The van der Waals surface area contributed by atoms with Gasteiger partial charge in [0.2, 0.25) is 0 Å². The van der Waals surface area contributed by atoms with Gasteiger partial charge in [-0.15, -0.1) is 5.11 Å². The van der Waals surface area contributed by atoms with E-state index in [2.05, 4.69) is 42.7 Å². The zero-order chi connectivity index (χ0) is 22.1. The number of H-pyrrole nitrogens is 1. The van der Waals surface area contributed by atoms with Gasteiger partial charge in [-0.2, -0.15) is 5.11 Å². The molecule has 0 fully saturated rings. The van der Waals surface area contributed by atoms with E-state index in [1.165, 1.54) is 10.2 Å². The minimum absolute atomic E-state index is 0.0407. The molecular weight excluding hydrogens is 376 g/mol. The zero-order valence-corrected chi connectivity index (χ0v) is 18.0. The van der Waals surface area contributed by atoms with Gasteiger partial charge < -0.3 is 0 Å². The number of benzene rings is 2. The summed E-state index contributed by atoms with van der Waals surface area (Å²) in [6.45, 7) is 13.6. The number of aryl methyl sites for hydroxylation is 1. The van der Waals surface area contributed by atoms with E-state index < -0.39 is 0 Å². The van der Waals surface area contributed by atoms with E-state index in [0.29, 0.717) is 22.5 Å². The molecule has 0 atom stereocenters. The Morgan fingerprint density at radius 1 is 1.00 bits per heavy atom. The zero-order valence-electron chi connectivity index (χ0n) is 18.0. The lowest BCUT2D eigenvalue weighted by Gasteiger charge is -2.19. The summed E-state index contributed by atoms with van der Waals surface area (Å²) in [6.07, 6.45) is 0. The van der Waals surface area contributed by atoms with Crippen LogP contribution in [0.2, 0.25) is 0 Å². The normalized spacial score (nSPS) is 11.8. The van der Waals surface area contributed by atoms with Gasteiger partial charge in [-0.1, -0.05) is 39.5 Å². The Morgan fingerprint density at radius 3 is 2.13 bits per heavy atom. The predicted molar refractivity (Wildman–Crippen MR) is 120 cm³/mol. The molecule has 1 N–H and O–H groups in total. The van der Waals surface area contributed by atoms with Gasteiger partial charge in [0.25, 0.3) is 5.56 Å². The molecule has 0 amide bonds. The molecular formula is C24H26N4O2. The summed E-state index contributed by atoms with van der Waals surface area (Å²) in [5.41, 5.74) is 4.14. The number of rotatable bonds is 5. The quantitative estimate of drug-likeness (QED) is 0.325. The molecule has 0 unspecified atom stereocenters. The van der Waals surface area contributed by atoms with Crippen LogP contribution in [0.25, 0.3) is 5.69 Å². The number of aromatic nitrogens is 2. The fraction of sp³-hybridized carbons (Fsp3) is 0.250. The average molecular weight is 402 g/mol. The lowest BCUT2D eigenvalue weighted by Crippen LogP contribution is -2.15. The number of hydrogen-bond donors (Lipinski definition) is 1. The highest BCUT2D eigenvalue weighted by atomic mass is 16.1. The number of nitrogens with one attached hydrogen (secondary N) is 1. The summed E-state index contributed by atoms with van der Waals surface area (Å²) >= 11 is 0. The van der Waals surface area contributed by atoms with Gasteiger partial charge in [-0.05, 0) is 66.8 Å². The highest BCUT2D eigenvalue weighted by Crippen LogP contribution is 2.24. The van der Waals surface area contributed by atoms with Crippen LogP contribution in [0, 0.1) is 6.92 Å². The third-order valence-electron chi connectivity index (χ3n) is 4.81. The van der Waals surface area contributed by atoms with Crippen LogP contribution in [0.15, 0.2) is 75.7 Å². The van der Waals surface area contributed by atoms with Crippen LogP contribution in [-0.4, -0.2) is 15.6 Å². The van der Waals surface area contributed by atoms with Gasteiger partial charge in [0, 0.05) is 5.56 Å². The first kappa shape index (κ1) is 21.2. The maximum absolute atomic E-state index is 12.8. The van der Waals surface area contributed by atoms with Crippen molar-refractivity contribution in [2.45, 2.75) is 40.0 Å². The molecule has 0 bridgehead atoms. The maximum Gasteiger partial charge on any atom is 0.299 e. The molecule has 1 heterocycles. The molecule has 30 heavy (non-hydrogen) atoms. The number of ketones is 1. The Bertz CT molecular complexity index is 1170. The van der Waals surface area contributed by atoms with E-state index in [-0.39, 0.29) is 22.4 Å². The van der Waals surface area contributed by atoms with Crippen LogP contribution >= 0.6 is 0 Å². The van der Waals surface area contributed by atoms with E-state index in [1.807, 2.05) is 24.3 Å². The monoisotopic (exact) mass is 402 g/mol. The number of carbonyl (C=O) groups is 1. The van der Waals surface area contributed by atoms with Crippen molar-refractivity contribution in [2.75, 3.05) is 0 Å². The third kappa shape index (κ3) is 4.38. The Balaban J connectivity index is 1.86. The van der Waals surface area contributed by atoms with Crippen LogP contribution in [0.1, 0.15) is 49.3 Å². The van der Waals surface area contributed by atoms with E-state index in [4.69, 9.17) is 0 Å². The van der Waals surface area contributed by atoms with Crippen LogP contribution in [0.5, 0.6) is 0 Å². The number of Topliss-reactive ketones (excluding diaryl/α,β-unsaturated/α-hetero) is 1. The fourth-order valence-electron chi connectivity index (χ4n) is 2.98. The van der Waals surface area contributed by atoms with Crippen molar-refractivity contribution in [3.63, 3.8) is 0 Å². The molecule has 0 spiro atoms. The molecule has 154 valence electrons. The molecule has 3 rings (SSSR count). The third-order valence-corrected chi connectivity index (χ3v) is 4.81. The molecule has 2 aromatic carbocycles. The first-order chi connectivity index (χ1) is 14.1. The first-order valence-electron chi connectivity index (χ1n) is 9.72. The van der Waals surface area contributed by atoms with Crippen LogP contribution < -0.4 is 5.56 Å². The van der Waals surface area contributed by atoms with Gasteiger partial charge in [-0.25, -0.2) is 4.68 Å². The largest absolute Gasteiger partial charge is 0.299 e. The van der Waals surface area contributed by atoms with Crippen LogP contribution in [0.3, 0.4) is 0 Å². The summed E-state index contributed by atoms with van der Waals surface area (Å²) in [7, 11) is 0. The van der Waals surface area contributed by atoms with Crippen molar-refractivity contribution in [3.8, 4) is 5.69 Å². The van der Waals surface area contributed by atoms with Crippen molar-refractivity contribution in [1.82, 2.24) is 9.78 Å². The Morgan fingerprint density at radius 2 is 1.60 bits per heavy atom. The molecule has 0 aliphatic heterocycles. The number of aromatic amines is 1. The maximum atomic E-state index is 12.8. The number of hydrogen-bond acceptors (Lipinski definition) is 4. The number of allylic oxidation sites excluding steroid dienone is 1. The molecule has 6 heteroatoms. The molecule has 6 nitrogen and oxygen atoms in total. The standard InChI is InChI=1S/C24H26N4O2/c1-15(2)22(29)17-7-11-19(12-8-17)25-26-21-16(3)27-28(23(21)30)20-13-9-18(10-14-20)24(4,5)6/h7-14,27H,1H2,2-6H3/b26-25+. The van der Waals surface area contributed by atoms with Crippen molar-refractivity contribution in [1.29, 1.82) is 0 Å². The summed E-state index contributed by atoms with van der Waals surface area (Å²) in [4.78, 5) is 24.8. The van der Waals surface area contributed by atoms with Gasteiger partial charge in [-0.3, -0.25) is 14.7 Å². The Labute approximate surface area is 176 Å². The van der Waals surface area contributed by atoms with Gasteiger partial charge in [0.1, 0.15) is 0 Å². The van der Waals surface area contributed by atoms with E-state index in [1.54, 1.807) is 38.1 Å². The fourth-order valence-corrected chi connectivity index (χ4v) is 2.98. The molecule has 3 aromatic rings. The SMILES string of the molecule is C=C(C)C(=O)c1ccc(/N=N/c2c(C)[nH]n(-c3ccc(C(C)(C)C)cc3)c2=O)cc1. The highest BCUT2D eigenvalue weighted by Gasteiger charge is 2.15. The van der Waals surface area contributed by atoms with Gasteiger partial charge in [0.15, 0.2) is 11.5 Å². The smallest absolute Gasteiger partial charge is 0.293 e. The van der Waals surface area contributed by atoms with Crippen LogP contribution in [0.4, 0.5) is 11.4 Å². The van der Waals surface area contributed by atoms with Crippen molar-refractivity contribution in [3.05, 3.63) is 87.9 Å². The highest BCUT2D eigenvalue weighted by molar-refractivity contribution is 6.07. The second kappa shape index (κ2) is 8.06. The molecule has 0 aliphatic rings. The Hall–Kier alpha value is -3.54. The second-order valence-corrected chi connectivity index (χ2v) is 8.38. The number of nitrogens with zero attached hydrogens (tertiary/aromatic N) is 3. The summed E-state index contributed by atoms with van der Waals surface area (Å²) in [6, 6.07) is 14.6. The summed E-state index contributed by atoms with van der Waals surface area (Å²) < 4.78 is 1.46. The molecule has 0 radical (unpaired) electrons. The molecule has 0 saturated carbocycles. The van der Waals surface area contributed by atoms with E-state index in [9.17, 15) is 9.59 Å². The summed E-state index contributed by atoms with van der Waals surface area (Å²) in [5, 5.41) is 11.4. The van der Waals surface area contributed by atoms with Crippen LogP contribution in [-0.2, 0) is 5.41 Å². The molecule has 0 aliphatic carbocycles. The van der Waals surface area contributed by atoms with Crippen molar-refractivity contribution < 1.29 is 4.79 Å². The molecule has 0 saturated heterocycles. The lowest BCUT2D eigenvalue weighted by molar-refractivity contribution is 0.103. The van der Waals surface area contributed by atoms with Crippen molar-refractivity contribution in [2.24, 2.45) is 10.2 Å². The predicted octanol–water partition coefficient (Wildman–Crippen LogP) is 5.95. The van der Waals surface area contributed by atoms with Gasteiger partial charge in [0.05, 0.1) is 17.1 Å². The summed E-state index contributed by atoms with van der Waals surface area (Å²) in [5.74, 6) is -0.111. The molecule has 1 aromatic heterocycles. The average Bonchev–Trinajstić information content (AvgIpc) is 2.99. The first-order valence-corrected chi connectivity index (χ1v) is 9.72. The van der Waals surface area contributed by atoms with E-state index >= 15 is 0 Å². The topological polar surface area (TPSA) is 79.6 Å². The number of carbonyl (C=O) groups excluding carboxylic acids is 1.